The van der Waals surface area contributed by atoms with Crippen molar-refractivity contribution < 1.29 is 4.74 Å². The van der Waals surface area contributed by atoms with Crippen LogP contribution in [-0.2, 0) is 4.74 Å². The van der Waals surface area contributed by atoms with Crippen LogP contribution in [0.15, 0.2) is 0 Å². The van der Waals surface area contributed by atoms with E-state index < -0.39 is 0 Å². The average molecular weight is 258 g/mol. The van der Waals surface area contributed by atoms with Gasteiger partial charge in [0.25, 0.3) is 0 Å². The minimum Gasteiger partial charge on any atom is -0.381 e. The lowest BCUT2D eigenvalue weighted by Gasteiger charge is -2.32. The molecule has 0 amide bonds. The zero-order valence-corrected chi connectivity index (χ0v) is 12.6. The summed E-state index contributed by atoms with van der Waals surface area (Å²) < 4.78 is 6.03. The van der Waals surface area contributed by atoms with Crippen LogP contribution in [0.3, 0.4) is 0 Å². The van der Waals surface area contributed by atoms with Crippen molar-refractivity contribution in [2.45, 2.75) is 65.2 Å². The van der Waals surface area contributed by atoms with Crippen LogP contribution in [0.5, 0.6) is 0 Å². The van der Waals surface area contributed by atoms with Gasteiger partial charge in [0.05, 0.1) is 6.61 Å². The van der Waals surface area contributed by atoms with Crippen LogP contribution < -0.4 is 0 Å². The van der Waals surface area contributed by atoms with Crippen LogP contribution in [0.25, 0.3) is 0 Å². The van der Waals surface area contributed by atoms with Crippen molar-refractivity contribution in [2.24, 2.45) is 11.3 Å². The molecule has 1 nitrogen and oxygen atoms in total. The number of ether oxygens (including phenoxy) is 1. The largest absolute Gasteiger partial charge is 0.381 e. The fourth-order valence-corrected chi connectivity index (χ4v) is 3.56. The normalized spacial score (nSPS) is 17.8. The van der Waals surface area contributed by atoms with Gasteiger partial charge in [-0.3, -0.25) is 0 Å². The second-order valence-electron chi connectivity index (χ2n) is 5.82. The molecule has 1 aliphatic carbocycles. The monoisotopic (exact) mass is 258 g/mol. The molecule has 102 valence electrons. The van der Waals surface area contributed by atoms with Crippen molar-refractivity contribution in [1.29, 1.82) is 0 Å². The first kappa shape index (κ1) is 15.4. The summed E-state index contributed by atoms with van der Waals surface area (Å²) in [5.74, 6) is 1.81. The van der Waals surface area contributed by atoms with Crippen molar-refractivity contribution in [3.05, 3.63) is 0 Å². The van der Waals surface area contributed by atoms with Gasteiger partial charge in [-0.05, 0) is 37.4 Å². The molecule has 0 saturated heterocycles. The maximum atomic E-state index is 6.03. The van der Waals surface area contributed by atoms with Gasteiger partial charge in [-0.2, -0.15) is 12.6 Å². The summed E-state index contributed by atoms with van der Waals surface area (Å²) in [7, 11) is 0. The Labute approximate surface area is 113 Å². The van der Waals surface area contributed by atoms with Gasteiger partial charge in [0, 0.05) is 12.0 Å². The van der Waals surface area contributed by atoms with Crippen LogP contribution in [0, 0.1) is 11.3 Å². The van der Waals surface area contributed by atoms with E-state index in [1.54, 1.807) is 0 Å². The predicted octanol–water partition coefficient (Wildman–Crippen LogP) is 4.71. The first-order valence-electron chi connectivity index (χ1n) is 7.45. The average Bonchev–Trinajstić information content (AvgIpc) is 2.82. The van der Waals surface area contributed by atoms with Crippen LogP contribution in [0.4, 0.5) is 0 Å². The molecule has 1 aliphatic rings. The summed E-state index contributed by atoms with van der Waals surface area (Å²) >= 11 is 4.57. The first-order valence-corrected chi connectivity index (χ1v) is 8.08. The quantitative estimate of drug-likeness (QED) is 0.589. The maximum Gasteiger partial charge on any atom is 0.0530 e. The van der Waals surface area contributed by atoms with E-state index in [1.807, 2.05) is 0 Å². The zero-order chi connectivity index (χ0) is 12.6. The Morgan fingerprint density at radius 2 is 1.71 bits per heavy atom. The van der Waals surface area contributed by atoms with E-state index in [-0.39, 0.29) is 0 Å². The standard InChI is InChI=1S/C15H30OS/c1-3-9-15(13-17,10-4-2)12-16-11-14-7-5-6-8-14/h14,17H,3-13H2,1-2H3. The van der Waals surface area contributed by atoms with Crippen molar-refractivity contribution in [1.82, 2.24) is 0 Å². The second kappa shape index (κ2) is 8.42. The molecule has 0 atom stereocenters. The molecule has 2 heteroatoms. The van der Waals surface area contributed by atoms with Gasteiger partial charge in [0.1, 0.15) is 0 Å². The summed E-state index contributed by atoms with van der Waals surface area (Å²) in [6, 6.07) is 0. The molecule has 17 heavy (non-hydrogen) atoms. The van der Waals surface area contributed by atoms with Gasteiger partial charge in [-0.25, -0.2) is 0 Å². The summed E-state index contributed by atoms with van der Waals surface area (Å²) in [4.78, 5) is 0. The van der Waals surface area contributed by atoms with E-state index in [9.17, 15) is 0 Å². The van der Waals surface area contributed by atoms with Crippen molar-refractivity contribution >= 4 is 12.6 Å². The minimum absolute atomic E-state index is 0.339. The molecular formula is C15H30OS. The fraction of sp³-hybridized carbons (Fsp3) is 1.00. The highest BCUT2D eigenvalue weighted by Crippen LogP contribution is 2.32. The molecule has 0 heterocycles. The number of hydrogen-bond donors (Lipinski definition) is 1. The summed E-state index contributed by atoms with van der Waals surface area (Å²) in [5, 5.41) is 0. The highest BCUT2D eigenvalue weighted by Gasteiger charge is 2.27. The van der Waals surface area contributed by atoms with E-state index in [4.69, 9.17) is 4.74 Å². The molecule has 0 spiro atoms. The predicted molar refractivity (Wildman–Crippen MR) is 78.9 cm³/mol. The topological polar surface area (TPSA) is 9.23 Å². The zero-order valence-electron chi connectivity index (χ0n) is 11.7. The Balaban J connectivity index is 2.30. The summed E-state index contributed by atoms with van der Waals surface area (Å²) in [6.45, 7) is 6.45. The van der Waals surface area contributed by atoms with Gasteiger partial charge in [-0.15, -0.1) is 0 Å². The smallest absolute Gasteiger partial charge is 0.0530 e. The Hall–Kier alpha value is 0.310. The van der Waals surface area contributed by atoms with E-state index in [0.29, 0.717) is 5.41 Å². The van der Waals surface area contributed by atoms with Gasteiger partial charge in [0.2, 0.25) is 0 Å². The molecule has 0 radical (unpaired) electrons. The van der Waals surface area contributed by atoms with Gasteiger partial charge in [0.15, 0.2) is 0 Å². The molecule has 0 aliphatic heterocycles. The molecule has 0 N–H and O–H groups in total. The maximum absolute atomic E-state index is 6.03. The van der Waals surface area contributed by atoms with Crippen LogP contribution in [0.1, 0.15) is 65.2 Å². The third kappa shape index (κ3) is 5.21. The SMILES string of the molecule is CCCC(CS)(CCC)COCC1CCCC1. The van der Waals surface area contributed by atoms with Gasteiger partial charge < -0.3 is 4.74 Å². The highest BCUT2D eigenvalue weighted by atomic mass is 32.1. The van der Waals surface area contributed by atoms with E-state index in [1.165, 1.54) is 51.4 Å². The fourth-order valence-electron chi connectivity index (χ4n) is 3.15. The molecule has 0 aromatic rings. The lowest BCUT2D eigenvalue weighted by Crippen LogP contribution is -2.30. The molecule has 0 bridgehead atoms. The molecule has 0 unspecified atom stereocenters. The van der Waals surface area contributed by atoms with Crippen LogP contribution in [0.2, 0.25) is 0 Å². The first-order chi connectivity index (χ1) is 8.26. The van der Waals surface area contributed by atoms with Gasteiger partial charge >= 0.3 is 0 Å². The molecule has 1 rings (SSSR count). The van der Waals surface area contributed by atoms with Crippen LogP contribution >= 0.6 is 12.6 Å². The van der Waals surface area contributed by atoms with Crippen molar-refractivity contribution in [3.63, 3.8) is 0 Å². The number of hydrogen-bond acceptors (Lipinski definition) is 2. The Kier molecular flexibility index (Phi) is 7.61. The number of rotatable bonds is 9. The molecule has 0 aromatic carbocycles. The lowest BCUT2D eigenvalue weighted by molar-refractivity contribution is 0.0269. The second-order valence-corrected chi connectivity index (χ2v) is 6.14. The Morgan fingerprint density at radius 3 is 2.18 bits per heavy atom. The Morgan fingerprint density at radius 1 is 1.12 bits per heavy atom. The van der Waals surface area contributed by atoms with Crippen molar-refractivity contribution in [2.75, 3.05) is 19.0 Å². The molecule has 0 aromatic heterocycles. The van der Waals surface area contributed by atoms with E-state index in [0.717, 1.165) is 24.9 Å². The van der Waals surface area contributed by atoms with Gasteiger partial charge in [-0.1, -0.05) is 39.5 Å². The van der Waals surface area contributed by atoms with Crippen LogP contribution in [-0.4, -0.2) is 19.0 Å². The highest BCUT2D eigenvalue weighted by molar-refractivity contribution is 7.80. The third-order valence-electron chi connectivity index (χ3n) is 4.13. The summed E-state index contributed by atoms with van der Waals surface area (Å²) in [5.41, 5.74) is 0.339. The number of thiol groups is 1. The summed E-state index contributed by atoms with van der Waals surface area (Å²) in [6.07, 6.45) is 10.6. The van der Waals surface area contributed by atoms with E-state index in [2.05, 4.69) is 26.5 Å². The van der Waals surface area contributed by atoms with Crippen molar-refractivity contribution in [3.8, 4) is 0 Å². The molecule has 1 saturated carbocycles. The minimum atomic E-state index is 0.339. The third-order valence-corrected chi connectivity index (χ3v) is 4.80. The van der Waals surface area contributed by atoms with E-state index >= 15 is 0 Å². The molecule has 1 fully saturated rings. The molecular weight excluding hydrogens is 228 g/mol. The Bertz CT molecular complexity index is 181. The lowest BCUT2D eigenvalue weighted by atomic mass is 9.82.